The first kappa shape index (κ1) is 15.1. The summed E-state index contributed by atoms with van der Waals surface area (Å²) >= 11 is 0. The fourth-order valence-corrected chi connectivity index (χ4v) is 0.926. The molecule has 0 spiro atoms. The maximum Gasteiger partial charge on any atom is 0.424 e. The summed E-state index contributed by atoms with van der Waals surface area (Å²) in [6, 6.07) is 0. The van der Waals surface area contributed by atoms with E-state index in [0.717, 1.165) is 0 Å². The van der Waals surface area contributed by atoms with Gasteiger partial charge in [-0.1, -0.05) is 0 Å². The molecule has 0 unspecified atom stereocenters. The van der Waals surface area contributed by atoms with Crippen LogP contribution in [0.2, 0.25) is 0 Å². The molecule has 0 rings (SSSR count). The predicted molar refractivity (Wildman–Crippen MR) is 42.9 cm³/mol. The molecule has 2 nitrogen and oxygen atoms in total. The molecule has 0 aliphatic rings. The summed E-state index contributed by atoms with van der Waals surface area (Å²) in [7, 11) is 0. The van der Waals surface area contributed by atoms with Crippen molar-refractivity contribution in [2.75, 3.05) is 13.2 Å². The van der Waals surface area contributed by atoms with E-state index in [1.807, 2.05) is 0 Å². The Morgan fingerprint density at radius 1 is 1.06 bits per heavy atom. The second kappa shape index (κ2) is 5.42. The first-order chi connectivity index (χ1) is 7.10. The molecule has 0 saturated carbocycles. The van der Waals surface area contributed by atoms with Gasteiger partial charge in [-0.15, -0.1) is 0 Å². The summed E-state index contributed by atoms with van der Waals surface area (Å²) in [4.78, 5) is 0. The zero-order chi connectivity index (χ0) is 13.0. The topological polar surface area (TPSA) is 29.5 Å². The molecular weight excluding hydrogens is 242 g/mol. The zero-order valence-electron chi connectivity index (χ0n) is 8.24. The molecule has 0 aromatic rings. The largest absolute Gasteiger partial charge is 0.512 e. The minimum absolute atomic E-state index is 0.140. The Labute approximate surface area is 87.5 Å². The molecule has 0 atom stereocenters. The lowest BCUT2D eigenvalue weighted by atomic mass is 10.1. The van der Waals surface area contributed by atoms with Crippen molar-refractivity contribution in [2.45, 2.75) is 25.7 Å². The Kier molecular flexibility index (Phi) is 5.11. The number of alkyl halides is 6. The lowest BCUT2D eigenvalue weighted by Crippen LogP contribution is -2.28. The fraction of sp³-hybridized carbons (Fsp3) is 0.750. The van der Waals surface area contributed by atoms with Crippen LogP contribution in [0.4, 0.5) is 26.3 Å². The van der Waals surface area contributed by atoms with Gasteiger partial charge in [-0.2, -0.15) is 26.3 Å². The van der Waals surface area contributed by atoms with Crippen LogP contribution in [0.5, 0.6) is 0 Å². The van der Waals surface area contributed by atoms with Crippen LogP contribution in [0, 0.1) is 0 Å². The third-order valence-electron chi connectivity index (χ3n) is 1.54. The molecule has 0 aromatic carbocycles. The molecule has 0 aliphatic heterocycles. The van der Waals surface area contributed by atoms with Crippen LogP contribution in [0.1, 0.15) is 13.3 Å². The van der Waals surface area contributed by atoms with Crippen molar-refractivity contribution in [1.82, 2.24) is 0 Å². The molecule has 8 heteroatoms. The molecule has 0 saturated heterocycles. The Balaban J connectivity index is 4.94. The standard InChI is InChI=1S/C8H10F6O2/c1-2-16-4-3-5(15)6(7(9,10)11)8(12,13)14/h15H,2-4H2,1H3. The minimum Gasteiger partial charge on any atom is -0.512 e. The summed E-state index contributed by atoms with van der Waals surface area (Å²) < 4.78 is 76.5. The maximum atomic E-state index is 12.0. The highest BCUT2D eigenvalue weighted by Crippen LogP contribution is 2.40. The number of aliphatic hydroxyl groups is 1. The van der Waals surface area contributed by atoms with E-state index >= 15 is 0 Å². The molecule has 0 heterocycles. The van der Waals surface area contributed by atoms with Crippen LogP contribution >= 0.6 is 0 Å². The van der Waals surface area contributed by atoms with E-state index in [-0.39, 0.29) is 6.61 Å². The van der Waals surface area contributed by atoms with Gasteiger partial charge in [0.2, 0.25) is 0 Å². The second-order valence-electron chi connectivity index (χ2n) is 2.76. The van der Waals surface area contributed by atoms with E-state index in [2.05, 4.69) is 4.74 Å². The predicted octanol–water partition coefficient (Wildman–Crippen LogP) is 3.35. The van der Waals surface area contributed by atoms with Crippen molar-refractivity contribution >= 4 is 0 Å². The molecule has 0 aromatic heterocycles. The van der Waals surface area contributed by atoms with Crippen molar-refractivity contribution in [2.24, 2.45) is 0 Å². The number of allylic oxidation sites excluding steroid dienone is 1. The van der Waals surface area contributed by atoms with Crippen LogP contribution in [-0.2, 0) is 4.74 Å². The first-order valence-electron chi connectivity index (χ1n) is 4.25. The molecule has 0 bridgehead atoms. The maximum absolute atomic E-state index is 12.0. The molecule has 96 valence electrons. The van der Waals surface area contributed by atoms with E-state index in [1.54, 1.807) is 0 Å². The van der Waals surface area contributed by atoms with E-state index in [4.69, 9.17) is 5.11 Å². The minimum atomic E-state index is -5.63. The van der Waals surface area contributed by atoms with Gasteiger partial charge in [-0.3, -0.25) is 0 Å². The van der Waals surface area contributed by atoms with E-state index in [9.17, 15) is 26.3 Å². The normalized spacial score (nSPS) is 12.7. The zero-order valence-corrected chi connectivity index (χ0v) is 8.24. The number of hydrogen-bond acceptors (Lipinski definition) is 2. The smallest absolute Gasteiger partial charge is 0.424 e. The average molecular weight is 252 g/mol. The van der Waals surface area contributed by atoms with Crippen LogP contribution in [0.15, 0.2) is 11.3 Å². The van der Waals surface area contributed by atoms with Gasteiger partial charge in [0.1, 0.15) is 5.76 Å². The van der Waals surface area contributed by atoms with Crippen molar-refractivity contribution in [3.05, 3.63) is 11.3 Å². The van der Waals surface area contributed by atoms with Gasteiger partial charge < -0.3 is 9.84 Å². The second-order valence-corrected chi connectivity index (χ2v) is 2.76. The third kappa shape index (κ3) is 4.73. The number of aliphatic hydroxyl groups excluding tert-OH is 1. The summed E-state index contributed by atoms with van der Waals surface area (Å²) in [5.41, 5.74) is -2.88. The van der Waals surface area contributed by atoms with Gasteiger partial charge in [0.15, 0.2) is 5.57 Å². The Bertz CT molecular complexity index is 236. The van der Waals surface area contributed by atoms with Crippen molar-refractivity contribution in [3.63, 3.8) is 0 Å². The van der Waals surface area contributed by atoms with Gasteiger partial charge in [-0.25, -0.2) is 0 Å². The molecule has 0 radical (unpaired) electrons. The molecule has 0 aliphatic carbocycles. The van der Waals surface area contributed by atoms with Crippen LogP contribution in [0.25, 0.3) is 0 Å². The van der Waals surface area contributed by atoms with Crippen LogP contribution < -0.4 is 0 Å². The van der Waals surface area contributed by atoms with Gasteiger partial charge in [0, 0.05) is 13.0 Å². The lowest BCUT2D eigenvalue weighted by molar-refractivity contribution is -0.175. The highest BCUT2D eigenvalue weighted by molar-refractivity contribution is 5.19. The molecule has 1 N–H and O–H groups in total. The Hall–Kier alpha value is -0.920. The van der Waals surface area contributed by atoms with Crippen molar-refractivity contribution in [3.8, 4) is 0 Å². The highest BCUT2D eigenvalue weighted by Gasteiger charge is 2.53. The SMILES string of the molecule is CCOCCC(O)=C(C(F)(F)F)C(F)(F)F. The van der Waals surface area contributed by atoms with Gasteiger partial charge in [0.05, 0.1) is 6.61 Å². The first-order valence-corrected chi connectivity index (χ1v) is 4.25. The number of halogens is 6. The summed E-state index contributed by atoms with van der Waals surface area (Å²) in [6.07, 6.45) is -12.1. The average Bonchev–Trinajstić information content (AvgIpc) is 1.98. The lowest BCUT2D eigenvalue weighted by Gasteiger charge is -2.16. The van der Waals surface area contributed by atoms with E-state index in [0.29, 0.717) is 0 Å². The summed E-state index contributed by atoms with van der Waals surface area (Å²) in [5.74, 6) is -1.76. The summed E-state index contributed by atoms with van der Waals surface area (Å²) in [6.45, 7) is 1.26. The summed E-state index contributed by atoms with van der Waals surface area (Å²) in [5, 5.41) is 8.77. The Morgan fingerprint density at radius 3 is 1.81 bits per heavy atom. The van der Waals surface area contributed by atoms with Gasteiger partial charge >= 0.3 is 12.4 Å². The highest BCUT2D eigenvalue weighted by atomic mass is 19.4. The number of hydrogen-bond donors (Lipinski definition) is 1. The molecule has 0 fully saturated rings. The van der Waals surface area contributed by atoms with Crippen molar-refractivity contribution < 1.29 is 36.2 Å². The van der Waals surface area contributed by atoms with Crippen LogP contribution in [0.3, 0.4) is 0 Å². The molecule has 0 amide bonds. The van der Waals surface area contributed by atoms with Crippen LogP contribution in [-0.4, -0.2) is 30.7 Å². The molecular formula is C8H10F6O2. The fourth-order valence-electron chi connectivity index (χ4n) is 0.926. The molecule has 16 heavy (non-hydrogen) atoms. The van der Waals surface area contributed by atoms with Gasteiger partial charge in [-0.05, 0) is 6.92 Å². The van der Waals surface area contributed by atoms with E-state index in [1.165, 1.54) is 6.92 Å². The Morgan fingerprint density at radius 2 is 1.50 bits per heavy atom. The van der Waals surface area contributed by atoms with Gasteiger partial charge in [0.25, 0.3) is 0 Å². The third-order valence-corrected chi connectivity index (χ3v) is 1.54. The number of rotatable bonds is 4. The number of ether oxygens (including phenoxy) is 1. The van der Waals surface area contributed by atoms with E-state index < -0.39 is 36.7 Å². The quantitative estimate of drug-likeness (QED) is 0.472. The van der Waals surface area contributed by atoms with Crippen molar-refractivity contribution in [1.29, 1.82) is 0 Å². The monoisotopic (exact) mass is 252 g/mol.